The zero-order valence-electron chi connectivity index (χ0n) is 10.5. The molecule has 0 aliphatic carbocycles. The quantitative estimate of drug-likeness (QED) is 0.873. The third-order valence-electron chi connectivity index (χ3n) is 2.85. The minimum Gasteiger partial charge on any atom is -0.330 e. The molecule has 0 aliphatic rings. The highest BCUT2D eigenvalue weighted by Crippen LogP contribution is 2.25. The Morgan fingerprint density at radius 1 is 1.47 bits per heavy atom. The van der Waals surface area contributed by atoms with Gasteiger partial charge in [0, 0.05) is 18.2 Å². The monoisotopic (exact) mass is 238 g/mol. The Labute approximate surface area is 101 Å². The molecule has 0 aromatic heterocycles. The first-order valence-corrected chi connectivity index (χ1v) is 5.62. The molecular formula is C13H19FN2O. The number of nitrogens with zero attached hydrogens (tertiary/aromatic N) is 1. The topological polar surface area (TPSA) is 46.3 Å². The molecule has 0 radical (unpaired) electrons. The molecule has 1 rings (SSSR count). The molecule has 3 nitrogen and oxygen atoms in total. The van der Waals surface area contributed by atoms with Crippen LogP contribution in [0, 0.1) is 11.2 Å². The van der Waals surface area contributed by atoms with Gasteiger partial charge in [0.25, 0.3) is 0 Å². The maximum absolute atomic E-state index is 13.1. The molecule has 4 heteroatoms. The van der Waals surface area contributed by atoms with Gasteiger partial charge in [0.05, 0.1) is 0 Å². The summed E-state index contributed by atoms with van der Waals surface area (Å²) in [6, 6.07) is 5.99. The summed E-state index contributed by atoms with van der Waals surface area (Å²) in [4.78, 5) is 13.7. The number of anilines is 1. The molecule has 0 aliphatic heterocycles. The van der Waals surface area contributed by atoms with E-state index < -0.39 is 5.41 Å². The van der Waals surface area contributed by atoms with Gasteiger partial charge in [0.2, 0.25) is 5.91 Å². The van der Waals surface area contributed by atoms with Crippen LogP contribution in [0.25, 0.3) is 0 Å². The summed E-state index contributed by atoms with van der Waals surface area (Å²) in [6.07, 6.45) is 0.603. The van der Waals surface area contributed by atoms with Crippen molar-refractivity contribution in [3.8, 4) is 0 Å². The van der Waals surface area contributed by atoms with E-state index in [1.54, 1.807) is 19.2 Å². The number of halogens is 1. The fourth-order valence-electron chi connectivity index (χ4n) is 1.72. The Kier molecular flexibility index (Phi) is 4.23. The Bertz CT molecular complexity index is 404. The number of hydrogen-bond acceptors (Lipinski definition) is 2. The van der Waals surface area contributed by atoms with Gasteiger partial charge in [0.15, 0.2) is 0 Å². The number of rotatable bonds is 4. The number of carbonyl (C=O) groups excluding carboxylic acids is 1. The van der Waals surface area contributed by atoms with Crippen LogP contribution in [0.2, 0.25) is 0 Å². The lowest BCUT2D eigenvalue weighted by Gasteiger charge is -2.29. The smallest absolute Gasteiger partial charge is 0.232 e. The molecule has 1 amide bonds. The number of carbonyl (C=O) groups is 1. The summed E-state index contributed by atoms with van der Waals surface area (Å²) in [5.74, 6) is -0.410. The van der Waals surface area contributed by atoms with Crippen molar-refractivity contribution in [3.05, 3.63) is 30.1 Å². The fourth-order valence-corrected chi connectivity index (χ4v) is 1.72. The molecule has 0 fully saturated rings. The van der Waals surface area contributed by atoms with Crippen molar-refractivity contribution >= 4 is 11.6 Å². The molecule has 0 atom stereocenters. The van der Waals surface area contributed by atoms with E-state index in [0.29, 0.717) is 18.7 Å². The zero-order chi connectivity index (χ0) is 13.1. The molecular weight excluding hydrogens is 219 g/mol. The summed E-state index contributed by atoms with van der Waals surface area (Å²) in [5.41, 5.74) is 5.51. The molecule has 1 aromatic rings. The van der Waals surface area contributed by atoms with Crippen LogP contribution in [-0.4, -0.2) is 19.5 Å². The van der Waals surface area contributed by atoms with E-state index in [9.17, 15) is 9.18 Å². The minimum absolute atomic E-state index is 0.0615. The first-order chi connectivity index (χ1) is 7.88. The highest BCUT2D eigenvalue weighted by atomic mass is 19.1. The lowest BCUT2D eigenvalue weighted by Crippen LogP contribution is -2.39. The summed E-state index contributed by atoms with van der Waals surface area (Å²) >= 11 is 0. The van der Waals surface area contributed by atoms with Gasteiger partial charge in [-0.15, -0.1) is 0 Å². The van der Waals surface area contributed by atoms with Gasteiger partial charge in [-0.2, -0.15) is 0 Å². The van der Waals surface area contributed by atoms with Crippen LogP contribution in [0.5, 0.6) is 0 Å². The highest BCUT2D eigenvalue weighted by Gasteiger charge is 2.30. The Morgan fingerprint density at radius 3 is 2.65 bits per heavy atom. The van der Waals surface area contributed by atoms with E-state index in [0.717, 1.165) is 0 Å². The Balaban J connectivity index is 2.90. The van der Waals surface area contributed by atoms with E-state index in [1.807, 2.05) is 13.8 Å². The predicted octanol–water partition coefficient (Wildman–Crippen LogP) is 2.16. The van der Waals surface area contributed by atoms with Gasteiger partial charge in [0.1, 0.15) is 5.82 Å². The van der Waals surface area contributed by atoms with Crippen molar-refractivity contribution in [2.75, 3.05) is 18.5 Å². The normalized spacial score (nSPS) is 11.4. The van der Waals surface area contributed by atoms with Gasteiger partial charge in [-0.25, -0.2) is 4.39 Å². The van der Waals surface area contributed by atoms with Crippen LogP contribution in [0.4, 0.5) is 10.1 Å². The molecule has 0 bridgehead atoms. The Hall–Kier alpha value is -1.42. The predicted molar refractivity (Wildman–Crippen MR) is 67.3 cm³/mol. The molecule has 94 valence electrons. The average molecular weight is 238 g/mol. The second-order valence-electron chi connectivity index (χ2n) is 4.77. The number of amides is 1. The molecule has 0 unspecified atom stereocenters. The van der Waals surface area contributed by atoms with Gasteiger partial charge < -0.3 is 10.6 Å². The zero-order valence-corrected chi connectivity index (χ0v) is 10.5. The SMILES string of the molecule is CN(C(=O)C(C)(C)CCN)c1cccc(F)c1. The standard InChI is InChI=1S/C13H19FN2O/c1-13(2,7-8-15)12(17)16(3)11-6-4-5-10(14)9-11/h4-6,9H,7-8,15H2,1-3H3. The highest BCUT2D eigenvalue weighted by molar-refractivity contribution is 5.96. The molecule has 1 aromatic carbocycles. The third-order valence-corrected chi connectivity index (χ3v) is 2.85. The lowest BCUT2D eigenvalue weighted by molar-refractivity contribution is -0.126. The van der Waals surface area contributed by atoms with Crippen LogP contribution >= 0.6 is 0 Å². The molecule has 2 N–H and O–H groups in total. The second kappa shape index (κ2) is 5.27. The second-order valence-corrected chi connectivity index (χ2v) is 4.77. The number of nitrogens with two attached hydrogens (primary N) is 1. The minimum atomic E-state index is -0.532. The van der Waals surface area contributed by atoms with Crippen molar-refractivity contribution in [2.24, 2.45) is 11.1 Å². The Morgan fingerprint density at radius 2 is 2.12 bits per heavy atom. The summed E-state index contributed by atoms with van der Waals surface area (Å²) in [6.45, 7) is 4.14. The van der Waals surface area contributed by atoms with Crippen LogP contribution in [0.1, 0.15) is 20.3 Å². The largest absolute Gasteiger partial charge is 0.330 e. The van der Waals surface area contributed by atoms with Crippen molar-refractivity contribution in [1.29, 1.82) is 0 Å². The average Bonchev–Trinajstić information content (AvgIpc) is 2.27. The van der Waals surface area contributed by atoms with E-state index in [-0.39, 0.29) is 11.7 Å². The van der Waals surface area contributed by atoms with E-state index >= 15 is 0 Å². The van der Waals surface area contributed by atoms with Crippen LogP contribution in [-0.2, 0) is 4.79 Å². The van der Waals surface area contributed by atoms with Crippen molar-refractivity contribution in [1.82, 2.24) is 0 Å². The van der Waals surface area contributed by atoms with Crippen molar-refractivity contribution in [3.63, 3.8) is 0 Å². The molecule has 0 saturated heterocycles. The van der Waals surface area contributed by atoms with Crippen molar-refractivity contribution in [2.45, 2.75) is 20.3 Å². The third kappa shape index (κ3) is 3.27. The van der Waals surface area contributed by atoms with E-state index in [4.69, 9.17) is 5.73 Å². The number of hydrogen-bond donors (Lipinski definition) is 1. The van der Waals surface area contributed by atoms with Crippen LogP contribution in [0.3, 0.4) is 0 Å². The van der Waals surface area contributed by atoms with Gasteiger partial charge in [-0.05, 0) is 31.2 Å². The fraction of sp³-hybridized carbons (Fsp3) is 0.462. The number of benzene rings is 1. The van der Waals surface area contributed by atoms with Gasteiger partial charge in [-0.3, -0.25) is 4.79 Å². The molecule has 0 spiro atoms. The summed E-state index contributed by atoms with van der Waals surface area (Å²) in [5, 5.41) is 0. The van der Waals surface area contributed by atoms with Crippen LogP contribution in [0.15, 0.2) is 24.3 Å². The van der Waals surface area contributed by atoms with Gasteiger partial charge >= 0.3 is 0 Å². The molecule has 0 heterocycles. The summed E-state index contributed by atoms with van der Waals surface area (Å²) in [7, 11) is 1.65. The van der Waals surface area contributed by atoms with E-state index in [2.05, 4.69) is 0 Å². The van der Waals surface area contributed by atoms with Crippen molar-refractivity contribution < 1.29 is 9.18 Å². The molecule has 17 heavy (non-hydrogen) atoms. The van der Waals surface area contributed by atoms with Gasteiger partial charge in [-0.1, -0.05) is 19.9 Å². The van der Waals surface area contributed by atoms with Crippen LogP contribution < -0.4 is 10.6 Å². The summed E-state index contributed by atoms with van der Waals surface area (Å²) < 4.78 is 13.1. The maximum Gasteiger partial charge on any atom is 0.232 e. The maximum atomic E-state index is 13.1. The lowest BCUT2D eigenvalue weighted by atomic mass is 9.87. The first-order valence-electron chi connectivity index (χ1n) is 5.62. The van der Waals surface area contributed by atoms with E-state index in [1.165, 1.54) is 17.0 Å². The molecule has 0 saturated carbocycles. The first kappa shape index (κ1) is 13.6.